The predicted molar refractivity (Wildman–Crippen MR) is 85.2 cm³/mol. The molecule has 0 spiro atoms. The molecule has 0 aromatic heterocycles. The molecule has 2 rings (SSSR count). The van der Waals surface area contributed by atoms with Crippen LogP contribution in [-0.2, 0) is 0 Å². The molecular formula is C18H28FNO. The van der Waals surface area contributed by atoms with E-state index in [1.54, 1.807) is 19.1 Å². The van der Waals surface area contributed by atoms with Crippen LogP contribution in [0.3, 0.4) is 0 Å². The van der Waals surface area contributed by atoms with Crippen LogP contribution in [0.15, 0.2) is 18.2 Å². The Labute approximate surface area is 128 Å². The van der Waals surface area contributed by atoms with Crippen molar-refractivity contribution in [3.05, 3.63) is 29.6 Å². The number of hydrogen-bond donors (Lipinski definition) is 1. The molecule has 0 radical (unpaired) electrons. The summed E-state index contributed by atoms with van der Waals surface area (Å²) in [5.74, 6) is 1.29. The first-order chi connectivity index (χ1) is 10.0. The average Bonchev–Trinajstić information content (AvgIpc) is 2.44. The first-order valence-electron chi connectivity index (χ1n) is 8.18. The largest absolute Gasteiger partial charge is 0.485 e. The van der Waals surface area contributed by atoms with Gasteiger partial charge in [-0.05, 0) is 56.2 Å². The van der Waals surface area contributed by atoms with Crippen molar-refractivity contribution in [2.75, 3.05) is 6.54 Å². The fraction of sp³-hybridized carbons (Fsp3) is 0.667. The number of halogens is 1. The van der Waals surface area contributed by atoms with Gasteiger partial charge in [0.25, 0.3) is 0 Å². The van der Waals surface area contributed by atoms with Gasteiger partial charge in [0.05, 0.1) is 0 Å². The highest BCUT2D eigenvalue weighted by atomic mass is 19.1. The van der Waals surface area contributed by atoms with Gasteiger partial charge in [-0.1, -0.05) is 32.9 Å². The van der Waals surface area contributed by atoms with Crippen LogP contribution in [0.5, 0.6) is 5.75 Å². The molecule has 1 aliphatic rings. The molecule has 3 heteroatoms. The summed E-state index contributed by atoms with van der Waals surface area (Å²) in [5, 5.41) is 3.59. The Kier molecular flexibility index (Phi) is 5.63. The smallest absolute Gasteiger partial charge is 0.167 e. The number of nitrogens with one attached hydrogen (secondary N) is 1. The standard InChI is InChI=1S/C18H28FNO/c1-5-9-20-15-11-12(2)10-14(4)18(15)21-16-8-6-7-13(3)17(16)19/h6-8,12,14-15,18,20H,5,9-11H2,1-4H3. The van der Waals surface area contributed by atoms with Crippen molar-refractivity contribution < 1.29 is 9.13 Å². The number of aryl methyl sites for hydroxylation is 1. The molecule has 0 aliphatic heterocycles. The third-order valence-electron chi connectivity index (χ3n) is 4.46. The van der Waals surface area contributed by atoms with Crippen LogP contribution in [-0.4, -0.2) is 18.7 Å². The minimum absolute atomic E-state index is 0.0454. The van der Waals surface area contributed by atoms with Gasteiger partial charge in [0.1, 0.15) is 6.10 Å². The molecule has 0 heterocycles. The zero-order chi connectivity index (χ0) is 15.4. The van der Waals surface area contributed by atoms with E-state index in [4.69, 9.17) is 4.74 Å². The summed E-state index contributed by atoms with van der Waals surface area (Å²) in [6, 6.07) is 5.69. The van der Waals surface area contributed by atoms with E-state index in [0.29, 0.717) is 29.2 Å². The van der Waals surface area contributed by atoms with Crippen LogP contribution >= 0.6 is 0 Å². The van der Waals surface area contributed by atoms with Gasteiger partial charge in [-0.25, -0.2) is 4.39 Å². The lowest BCUT2D eigenvalue weighted by Gasteiger charge is -2.40. The van der Waals surface area contributed by atoms with Crippen molar-refractivity contribution in [2.45, 2.75) is 59.1 Å². The van der Waals surface area contributed by atoms with Gasteiger partial charge in [0.15, 0.2) is 11.6 Å². The Morgan fingerprint density at radius 1 is 1.29 bits per heavy atom. The molecular weight excluding hydrogens is 265 g/mol. The zero-order valence-electron chi connectivity index (χ0n) is 13.7. The fourth-order valence-corrected chi connectivity index (χ4v) is 3.41. The summed E-state index contributed by atoms with van der Waals surface area (Å²) >= 11 is 0. The average molecular weight is 293 g/mol. The maximum Gasteiger partial charge on any atom is 0.167 e. The van der Waals surface area contributed by atoms with E-state index in [-0.39, 0.29) is 11.9 Å². The van der Waals surface area contributed by atoms with E-state index in [1.807, 2.05) is 6.07 Å². The molecule has 4 unspecified atom stereocenters. The second-order valence-electron chi connectivity index (χ2n) is 6.58. The Morgan fingerprint density at radius 2 is 2.05 bits per heavy atom. The molecule has 21 heavy (non-hydrogen) atoms. The quantitative estimate of drug-likeness (QED) is 0.873. The zero-order valence-corrected chi connectivity index (χ0v) is 13.7. The molecule has 1 N–H and O–H groups in total. The van der Waals surface area contributed by atoms with Crippen LogP contribution in [0.4, 0.5) is 4.39 Å². The highest BCUT2D eigenvalue weighted by Crippen LogP contribution is 2.33. The van der Waals surface area contributed by atoms with Gasteiger partial charge >= 0.3 is 0 Å². The first kappa shape index (κ1) is 16.3. The molecule has 1 saturated carbocycles. The van der Waals surface area contributed by atoms with Gasteiger partial charge < -0.3 is 10.1 Å². The highest BCUT2D eigenvalue weighted by Gasteiger charge is 2.35. The van der Waals surface area contributed by atoms with E-state index in [0.717, 1.165) is 25.8 Å². The van der Waals surface area contributed by atoms with Crippen LogP contribution < -0.4 is 10.1 Å². The van der Waals surface area contributed by atoms with Crippen LogP contribution in [0.25, 0.3) is 0 Å². The lowest BCUT2D eigenvalue weighted by molar-refractivity contribution is 0.0447. The van der Waals surface area contributed by atoms with E-state index in [1.165, 1.54) is 0 Å². The van der Waals surface area contributed by atoms with Crippen molar-refractivity contribution in [1.82, 2.24) is 5.32 Å². The van der Waals surface area contributed by atoms with E-state index < -0.39 is 0 Å². The van der Waals surface area contributed by atoms with Gasteiger partial charge in [-0.3, -0.25) is 0 Å². The predicted octanol–water partition coefficient (Wildman–Crippen LogP) is 4.32. The molecule has 0 amide bonds. The van der Waals surface area contributed by atoms with E-state index in [2.05, 4.69) is 26.1 Å². The van der Waals surface area contributed by atoms with Gasteiger partial charge in [0, 0.05) is 6.04 Å². The van der Waals surface area contributed by atoms with Crippen molar-refractivity contribution in [2.24, 2.45) is 11.8 Å². The minimum atomic E-state index is -0.224. The first-order valence-corrected chi connectivity index (χ1v) is 8.18. The van der Waals surface area contributed by atoms with Crippen molar-refractivity contribution in [3.63, 3.8) is 0 Å². The molecule has 1 aromatic carbocycles. The van der Waals surface area contributed by atoms with Crippen LogP contribution in [0.1, 0.15) is 45.6 Å². The molecule has 0 bridgehead atoms. The van der Waals surface area contributed by atoms with Gasteiger partial charge in [-0.15, -0.1) is 0 Å². The molecule has 1 fully saturated rings. The highest BCUT2D eigenvalue weighted by molar-refractivity contribution is 5.30. The summed E-state index contributed by atoms with van der Waals surface area (Å²) in [6.07, 6.45) is 3.39. The van der Waals surface area contributed by atoms with Crippen LogP contribution in [0.2, 0.25) is 0 Å². The number of rotatable bonds is 5. The van der Waals surface area contributed by atoms with Gasteiger partial charge in [0.2, 0.25) is 0 Å². The Morgan fingerprint density at radius 3 is 2.76 bits per heavy atom. The second kappa shape index (κ2) is 7.26. The third kappa shape index (κ3) is 3.97. The lowest BCUT2D eigenvalue weighted by atomic mass is 9.78. The lowest BCUT2D eigenvalue weighted by Crippen LogP contribution is -2.51. The third-order valence-corrected chi connectivity index (χ3v) is 4.46. The van der Waals surface area contributed by atoms with Gasteiger partial charge in [-0.2, -0.15) is 0 Å². The molecule has 118 valence electrons. The minimum Gasteiger partial charge on any atom is -0.485 e. The Bertz CT molecular complexity index is 463. The topological polar surface area (TPSA) is 21.3 Å². The second-order valence-corrected chi connectivity index (χ2v) is 6.58. The molecule has 1 aliphatic carbocycles. The molecule has 0 saturated heterocycles. The SMILES string of the molecule is CCCNC1CC(C)CC(C)C1Oc1cccc(C)c1F. The summed E-state index contributed by atoms with van der Waals surface area (Å²) < 4.78 is 20.3. The van der Waals surface area contributed by atoms with E-state index in [9.17, 15) is 4.39 Å². The Hall–Kier alpha value is -1.09. The molecule has 1 aromatic rings. The van der Waals surface area contributed by atoms with Crippen molar-refractivity contribution in [1.29, 1.82) is 0 Å². The summed E-state index contributed by atoms with van der Waals surface area (Å²) in [5.41, 5.74) is 0.641. The maximum atomic E-state index is 14.2. The van der Waals surface area contributed by atoms with Crippen LogP contribution in [0, 0.1) is 24.6 Å². The fourth-order valence-electron chi connectivity index (χ4n) is 3.41. The summed E-state index contributed by atoms with van der Waals surface area (Å²) in [6.45, 7) is 9.44. The molecule has 4 atom stereocenters. The van der Waals surface area contributed by atoms with Crippen molar-refractivity contribution >= 4 is 0 Å². The monoisotopic (exact) mass is 293 g/mol. The maximum absolute atomic E-state index is 14.2. The van der Waals surface area contributed by atoms with E-state index >= 15 is 0 Å². The molecule has 2 nitrogen and oxygen atoms in total. The number of hydrogen-bond acceptors (Lipinski definition) is 2. The Balaban J connectivity index is 2.15. The number of ether oxygens (including phenoxy) is 1. The normalized spacial score (nSPS) is 29.4. The number of benzene rings is 1. The van der Waals surface area contributed by atoms with Crippen molar-refractivity contribution in [3.8, 4) is 5.75 Å². The summed E-state index contributed by atoms with van der Waals surface area (Å²) in [7, 11) is 0. The summed E-state index contributed by atoms with van der Waals surface area (Å²) in [4.78, 5) is 0.